The molecule has 0 aromatic carbocycles. The van der Waals surface area contributed by atoms with Gasteiger partial charge in [-0.15, -0.1) is 0 Å². The van der Waals surface area contributed by atoms with Crippen molar-refractivity contribution in [3.8, 4) is 11.1 Å². The van der Waals surface area contributed by atoms with Gasteiger partial charge in [0.05, 0.1) is 0 Å². The summed E-state index contributed by atoms with van der Waals surface area (Å²) in [6.45, 7) is 1.61. The maximum atomic E-state index is 12.3. The van der Waals surface area contributed by atoms with Gasteiger partial charge in [-0.25, -0.2) is 4.98 Å². The van der Waals surface area contributed by atoms with Crippen LogP contribution in [0.1, 0.15) is 12.8 Å². The highest BCUT2D eigenvalue weighted by molar-refractivity contribution is 5.87. The second-order valence-electron chi connectivity index (χ2n) is 6.72. The number of aromatic nitrogens is 2. The van der Waals surface area contributed by atoms with Gasteiger partial charge in [0.15, 0.2) is 0 Å². The quantitative estimate of drug-likeness (QED) is 0.561. The Kier molecular flexibility index (Phi) is 6.44. The first-order valence-electron chi connectivity index (χ1n) is 9.39. The minimum atomic E-state index is -0.182. The third-order valence-corrected chi connectivity index (χ3v) is 4.74. The number of nitrogens with zero attached hydrogens (tertiary/aromatic N) is 2. The molecule has 0 bridgehead atoms. The molecular formula is C20H26N6O2. The number of pyridine rings is 2. The molecular weight excluding hydrogens is 356 g/mol. The van der Waals surface area contributed by atoms with Crippen molar-refractivity contribution in [1.29, 1.82) is 0 Å². The molecule has 2 aromatic rings. The molecule has 1 atom stereocenters. The van der Waals surface area contributed by atoms with Crippen molar-refractivity contribution in [2.75, 3.05) is 37.3 Å². The van der Waals surface area contributed by atoms with Gasteiger partial charge in [-0.3, -0.25) is 9.59 Å². The topological polar surface area (TPSA) is 116 Å². The molecule has 0 unspecified atom stereocenters. The number of carbonyl (C=O) groups is 1. The zero-order valence-corrected chi connectivity index (χ0v) is 15.9. The van der Waals surface area contributed by atoms with Gasteiger partial charge in [0.25, 0.3) is 5.56 Å². The van der Waals surface area contributed by atoms with Crippen molar-refractivity contribution in [2.24, 2.45) is 5.73 Å². The lowest BCUT2D eigenvalue weighted by atomic mass is 10.0. The van der Waals surface area contributed by atoms with Gasteiger partial charge >= 0.3 is 0 Å². The second-order valence-corrected chi connectivity index (χ2v) is 6.72. The number of hydrogen-bond acceptors (Lipinski definition) is 6. The van der Waals surface area contributed by atoms with Crippen molar-refractivity contribution in [3.63, 3.8) is 0 Å². The third-order valence-electron chi connectivity index (χ3n) is 4.74. The Labute approximate surface area is 163 Å². The molecule has 1 aliphatic heterocycles. The molecule has 8 nitrogen and oxygen atoms in total. The van der Waals surface area contributed by atoms with E-state index in [1.54, 1.807) is 23.4 Å². The summed E-state index contributed by atoms with van der Waals surface area (Å²) in [5.74, 6) is 0.709. The fourth-order valence-electron chi connectivity index (χ4n) is 3.29. The summed E-state index contributed by atoms with van der Waals surface area (Å²) in [5.41, 5.74) is 7.57. The maximum absolute atomic E-state index is 12.3. The number of amides is 1. The first kappa shape index (κ1) is 19.6. The summed E-state index contributed by atoms with van der Waals surface area (Å²) in [4.78, 5) is 33.3. The minimum absolute atomic E-state index is 0.0191. The van der Waals surface area contributed by atoms with E-state index in [0.29, 0.717) is 25.3 Å². The van der Waals surface area contributed by atoms with Crippen LogP contribution in [0.2, 0.25) is 0 Å². The van der Waals surface area contributed by atoms with E-state index >= 15 is 0 Å². The Morgan fingerprint density at radius 1 is 1.43 bits per heavy atom. The Balaban J connectivity index is 1.75. The largest absolute Gasteiger partial charge is 0.376 e. The number of hydrogen-bond donors (Lipinski definition) is 4. The number of carbonyl (C=O) groups excluding carboxylic acids is 1. The van der Waals surface area contributed by atoms with Crippen molar-refractivity contribution < 1.29 is 4.79 Å². The van der Waals surface area contributed by atoms with E-state index in [2.05, 4.69) is 20.6 Å². The van der Waals surface area contributed by atoms with Crippen LogP contribution in [-0.2, 0) is 4.79 Å². The number of aromatic amines is 1. The van der Waals surface area contributed by atoms with Crippen LogP contribution in [0.15, 0.2) is 47.5 Å². The number of rotatable bonds is 6. The Hall–Kier alpha value is -3.13. The Morgan fingerprint density at radius 2 is 2.29 bits per heavy atom. The van der Waals surface area contributed by atoms with Crippen molar-refractivity contribution >= 4 is 17.4 Å². The maximum Gasteiger partial charge on any atom is 0.271 e. The van der Waals surface area contributed by atoms with Gasteiger partial charge in [0.1, 0.15) is 11.5 Å². The average Bonchev–Trinajstić information content (AvgIpc) is 2.73. The van der Waals surface area contributed by atoms with Crippen LogP contribution in [0.25, 0.3) is 11.1 Å². The number of anilines is 2. The van der Waals surface area contributed by atoms with Gasteiger partial charge < -0.3 is 26.3 Å². The highest BCUT2D eigenvalue weighted by atomic mass is 16.2. The molecule has 1 aliphatic rings. The van der Waals surface area contributed by atoms with Crippen molar-refractivity contribution in [2.45, 2.75) is 18.9 Å². The van der Waals surface area contributed by atoms with E-state index < -0.39 is 0 Å². The summed E-state index contributed by atoms with van der Waals surface area (Å²) in [6.07, 6.45) is 8.36. The molecule has 28 heavy (non-hydrogen) atoms. The predicted molar refractivity (Wildman–Crippen MR) is 111 cm³/mol. The number of nitrogens with two attached hydrogens (primary N) is 1. The fourth-order valence-corrected chi connectivity index (χ4v) is 3.29. The summed E-state index contributed by atoms with van der Waals surface area (Å²) in [7, 11) is 1.81. The molecule has 1 fully saturated rings. The number of likely N-dealkylation sites (tertiary alicyclic amines) is 1. The lowest BCUT2D eigenvalue weighted by Crippen LogP contribution is -2.45. The lowest BCUT2D eigenvalue weighted by molar-refractivity contribution is -0.127. The first-order chi connectivity index (χ1) is 13.6. The summed E-state index contributed by atoms with van der Waals surface area (Å²) in [5, 5.41) is 6.32. The molecule has 0 spiro atoms. The average molecular weight is 382 g/mol. The smallest absolute Gasteiger partial charge is 0.271 e. The zero-order valence-electron chi connectivity index (χ0n) is 15.9. The standard InChI is InChI=1S/C20H26N6O2/c1-22-18-11-14(6-8-23-18)15-10-17(20(28)24-12-15)25-16-4-3-9-26(13-16)19(27)5-2-7-21/h2,5-6,8,10-12,16,25H,3-4,7,9,13,21H2,1H3,(H,22,23)(H,24,28)/b5-2+/t16-/m0/s1. The van der Waals surface area contributed by atoms with E-state index in [0.717, 1.165) is 29.8 Å². The lowest BCUT2D eigenvalue weighted by Gasteiger charge is -2.33. The van der Waals surface area contributed by atoms with Crippen molar-refractivity contribution in [3.05, 3.63) is 53.1 Å². The molecule has 1 saturated heterocycles. The molecule has 1 amide bonds. The summed E-state index contributed by atoms with van der Waals surface area (Å²) < 4.78 is 0. The van der Waals surface area contributed by atoms with Crippen LogP contribution >= 0.6 is 0 Å². The van der Waals surface area contributed by atoms with E-state index in [1.807, 2.05) is 25.2 Å². The van der Waals surface area contributed by atoms with E-state index in [4.69, 9.17) is 5.73 Å². The van der Waals surface area contributed by atoms with Gasteiger partial charge in [-0.05, 0) is 36.6 Å². The van der Waals surface area contributed by atoms with Gasteiger partial charge in [-0.1, -0.05) is 6.08 Å². The molecule has 5 N–H and O–H groups in total. The van der Waals surface area contributed by atoms with Gasteiger partial charge in [0.2, 0.25) is 5.91 Å². The van der Waals surface area contributed by atoms with Crippen LogP contribution in [0, 0.1) is 0 Å². The van der Waals surface area contributed by atoms with Crippen molar-refractivity contribution in [1.82, 2.24) is 14.9 Å². The van der Waals surface area contributed by atoms with Crippen LogP contribution in [0.4, 0.5) is 11.5 Å². The third kappa shape index (κ3) is 4.77. The normalized spacial score (nSPS) is 16.9. The molecule has 0 radical (unpaired) electrons. The molecule has 3 heterocycles. The van der Waals surface area contributed by atoms with Gasteiger partial charge in [0, 0.05) is 56.8 Å². The Morgan fingerprint density at radius 3 is 3.07 bits per heavy atom. The Bertz CT molecular complexity index is 908. The molecule has 8 heteroatoms. The molecule has 0 aliphatic carbocycles. The number of piperidine rings is 1. The summed E-state index contributed by atoms with van der Waals surface area (Å²) in [6, 6.07) is 5.67. The van der Waals surface area contributed by atoms with Crippen LogP contribution in [-0.4, -0.2) is 53.5 Å². The minimum Gasteiger partial charge on any atom is -0.376 e. The predicted octanol–water partition coefficient (Wildman–Crippen LogP) is 1.40. The second kappa shape index (κ2) is 9.18. The number of H-pyrrole nitrogens is 1. The number of nitrogens with one attached hydrogen (secondary N) is 3. The molecule has 148 valence electrons. The first-order valence-corrected chi connectivity index (χ1v) is 9.39. The van der Waals surface area contributed by atoms with E-state index in [-0.39, 0.29) is 17.5 Å². The van der Waals surface area contributed by atoms with Crippen LogP contribution in [0.3, 0.4) is 0 Å². The monoisotopic (exact) mass is 382 g/mol. The highest BCUT2D eigenvalue weighted by Gasteiger charge is 2.23. The molecule has 3 rings (SSSR count). The molecule has 0 saturated carbocycles. The van der Waals surface area contributed by atoms with E-state index in [1.165, 1.54) is 6.08 Å². The van der Waals surface area contributed by atoms with Gasteiger partial charge in [-0.2, -0.15) is 0 Å². The SMILES string of the molecule is CNc1cc(-c2c[nH]c(=O)c(N[C@H]3CCCN(C(=O)/C=C/CN)C3)c2)ccn1. The van der Waals surface area contributed by atoms with E-state index in [9.17, 15) is 9.59 Å². The summed E-state index contributed by atoms with van der Waals surface area (Å²) >= 11 is 0. The fraction of sp³-hybridized carbons (Fsp3) is 0.350. The zero-order chi connectivity index (χ0) is 19.9. The molecule has 2 aromatic heterocycles. The van der Waals surface area contributed by atoms with Crippen LogP contribution < -0.4 is 21.9 Å². The highest BCUT2D eigenvalue weighted by Crippen LogP contribution is 2.22. The van der Waals surface area contributed by atoms with Crippen LogP contribution in [0.5, 0.6) is 0 Å².